The molecule has 1 aliphatic heterocycles. The second kappa shape index (κ2) is 13.6. The summed E-state index contributed by atoms with van der Waals surface area (Å²) in [4.78, 5) is 47.3. The number of benzene rings is 1. The molecule has 15 heteroatoms. The molecule has 1 unspecified atom stereocenters. The smallest absolute Gasteiger partial charge is 0.322 e. The molecular weight excluding hydrogens is 506 g/mol. The number of carbonyl (C=O) groups excluding carboxylic acids is 4. The van der Waals surface area contributed by atoms with E-state index in [-0.39, 0.29) is 43.8 Å². The zero-order valence-corrected chi connectivity index (χ0v) is 21.4. The molecule has 37 heavy (non-hydrogen) atoms. The Kier molecular flexibility index (Phi) is 10.9. The molecule has 1 aromatic heterocycles. The average Bonchev–Trinajstić information content (AvgIpc) is 3.41. The number of halogens is 1. The summed E-state index contributed by atoms with van der Waals surface area (Å²) >= 11 is 0. The maximum Gasteiger partial charge on any atom is 0.322 e. The van der Waals surface area contributed by atoms with Crippen molar-refractivity contribution in [1.29, 1.82) is 0 Å². The Bertz CT molecular complexity index is 1070. The first-order valence-electron chi connectivity index (χ1n) is 11.5. The predicted octanol–water partition coefficient (Wildman–Crippen LogP) is -0.689. The lowest BCUT2D eigenvalue weighted by Crippen LogP contribution is -2.51. The number of hydrogen-bond donors (Lipinski definition) is 5. The highest BCUT2D eigenvalue weighted by Crippen LogP contribution is 2.13. The number of nitrogens with one attached hydrogen (secondary N) is 4. The zero-order valence-electron chi connectivity index (χ0n) is 20.6. The monoisotopic (exact) mass is 537 g/mol. The van der Waals surface area contributed by atoms with E-state index in [1.807, 2.05) is 30.3 Å². The molecule has 2 heterocycles. The third kappa shape index (κ3) is 9.08. The number of ether oxygens (including phenoxy) is 1. The highest BCUT2D eigenvalue weighted by Gasteiger charge is 2.31. The van der Waals surface area contributed by atoms with E-state index >= 15 is 0 Å². The molecule has 202 valence electrons. The molecule has 1 aliphatic rings. The van der Waals surface area contributed by atoms with Crippen LogP contribution in [0.4, 0.5) is 4.79 Å². The van der Waals surface area contributed by atoms with E-state index in [1.165, 1.54) is 4.68 Å². The summed E-state index contributed by atoms with van der Waals surface area (Å²) in [5.74, 6) is -0.909. The summed E-state index contributed by atoms with van der Waals surface area (Å²) in [6.45, 7) is 4.28. The summed E-state index contributed by atoms with van der Waals surface area (Å²) in [6.07, 6.45) is 0.316. The summed E-state index contributed by atoms with van der Waals surface area (Å²) in [6, 6.07) is 7.45. The predicted molar refractivity (Wildman–Crippen MR) is 133 cm³/mol. The van der Waals surface area contributed by atoms with Crippen LogP contribution in [0.15, 0.2) is 30.3 Å². The standard InChI is InChI=1S/C22H31N9O5.ClH/c1-22(2,23)20(34)25-16(13-36-12-14-7-4-3-5-8-14)18-28-29-30-31(18)10-6-9-24-17(32)11-15-19(33)27-21(35)26-15;/h3-5,7-8,15-16H,6,9-13,23H2,1-2H3,(H,24,32)(H,25,34)(H2,26,27,33,35);1H/t15?,16-;/m1./s1. The number of carbonyl (C=O) groups is 4. The largest absolute Gasteiger partial charge is 0.374 e. The van der Waals surface area contributed by atoms with Gasteiger partial charge in [0.1, 0.15) is 12.1 Å². The number of tetrazole rings is 1. The van der Waals surface area contributed by atoms with Gasteiger partial charge in [-0.05, 0) is 36.3 Å². The van der Waals surface area contributed by atoms with Crippen LogP contribution in [0.2, 0.25) is 0 Å². The van der Waals surface area contributed by atoms with E-state index in [9.17, 15) is 19.2 Å². The van der Waals surface area contributed by atoms with Crippen LogP contribution < -0.4 is 27.0 Å². The van der Waals surface area contributed by atoms with Crippen molar-refractivity contribution in [3.05, 3.63) is 41.7 Å². The van der Waals surface area contributed by atoms with Crippen molar-refractivity contribution in [2.45, 2.75) is 57.5 Å². The maximum absolute atomic E-state index is 12.6. The molecule has 0 spiro atoms. The van der Waals surface area contributed by atoms with E-state index in [0.29, 0.717) is 25.4 Å². The molecule has 0 saturated carbocycles. The van der Waals surface area contributed by atoms with Crippen molar-refractivity contribution in [2.24, 2.45) is 5.73 Å². The van der Waals surface area contributed by atoms with Crippen LogP contribution in [-0.4, -0.2) is 68.7 Å². The van der Waals surface area contributed by atoms with Crippen LogP contribution in [0.1, 0.15) is 44.1 Å². The number of amides is 5. The Labute approximate surface area is 219 Å². The fraction of sp³-hybridized carbons (Fsp3) is 0.500. The van der Waals surface area contributed by atoms with Crippen molar-refractivity contribution < 1.29 is 23.9 Å². The molecule has 6 N–H and O–H groups in total. The van der Waals surface area contributed by atoms with Crippen molar-refractivity contribution in [3.63, 3.8) is 0 Å². The second-order valence-corrected chi connectivity index (χ2v) is 8.93. The molecule has 3 rings (SSSR count). The third-order valence-electron chi connectivity index (χ3n) is 5.27. The van der Waals surface area contributed by atoms with Gasteiger partial charge in [0, 0.05) is 13.1 Å². The number of rotatable bonds is 13. The Hall–Kier alpha value is -3.62. The van der Waals surface area contributed by atoms with Crippen LogP contribution in [0.5, 0.6) is 0 Å². The normalized spacial score (nSPS) is 15.8. The lowest BCUT2D eigenvalue weighted by Gasteiger charge is -2.23. The number of nitrogens with zero attached hydrogens (tertiary/aromatic N) is 4. The van der Waals surface area contributed by atoms with Crippen molar-refractivity contribution in [2.75, 3.05) is 13.2 Å². The number of nitrogens with two attached hydrogens (primary N) is 1. The van der Waals surface area contributed by atoms with E-state index in [0.717, 1.165) is 5.56 Å². The first-order valence-corrected chi connectivity index (χ1v) is 11.5. The summed E-state index contributed by atoms with van der Waals surface area (Å²) in [7, 11) is 0. The number of aryl methyl sites for hydroxylation is 1. The Balaban J connectivity index is 0.00000481. The lowest BCUT2D eigenvalue weighted by molar-refractivity contribution is -0.126. The van der Waals surface area contributed by atoms with Gasteiger partial charge in [-0.1, -0.05) is 30.3 Å². The van der Waals surface area contributed by atoms with Crippen LogP contribution >= 0.6 is 12.4 Å². The van der Waals surface area contributed by atoms with Gasteiger partial charge in [0.2, 0.25) is 11.8 Å². The van der Waals surface area contributed by atoms with Crippen LogP contribution in [-0.2, 0) is 32.3 Å². The highest BCUT2D eigenvalue weighted by molar-refractivity contribution is 6.05. The van der Waals surface area contributed by atoms with Gasteiger partial charge in [-0.15, -0.1) is 17.5 Å². The second-order valence-electron chi connectivity index (χ2n) is 8.93. The average molecular weight is 538 g/mol. The quantitative estimate of drug-likeness (QED) is 0.162. The molecule has 2 aromatic rings. The van der Waals surface area contributed by atoms with Gasteiger partial charge in [-0.25, -0.2) is 9.48 Å². The number of urea groups is 1. The SMILES string of the molecule is CC(C)(N)C(=O)N[C@H](COCc1ccccc1)c1nnnn1CCCNC(=O)CC1NC(=O)NC1=O.Cl. The van der Waals surface area contributed by atoms with Gasteiger partial charge in [-0.3, -0.25) is 19.7 Å². The molecule has 1 aromatic carbocycles. The molecule has 0 radical (unpaired) electrons. The molecular formula is C22H32ClN9O5. The minimum atomic E-state index is -1.12. The fourth-order valence-electron chi connectivity index (χ4n) is 3.33. The summed E-state index contributed by atoms with van der Waals surface area (Å²) in [5, 5.41) is 21.8. The fourth-order valence-corrected chi connectivity index (χ4v) is 3.33. The van der Waals surface area contributed by atoms with Gasteiger partial charge in [0.15, 0.2) is 5.82 Å². The van der Waals surface area contributed by atoms with Crippen LogP contribution in [0.3, 0.4) is 0 Å². The number of imide groups is 1. The Morgan fingerprint density at radius 2 is 1.97 bits per heavy atom. The third-order valence-corrected chi connectivity index (χ3v) is 5.27. The highest BCUT2D eigenvalue weighted by atomic mass is 35.5. The maximum atomic E-state index is 12.6. The first kappa shape index (κ1) is 29.6. The van der Waals surface area contributed by atoms with E-state index in [1.54, 1.807) is 13.8 Å². The summed E-state index contributed by atoms with van der Waals surface area (Å²) < 4.78 is 7.35. The molecule has 2 atom stereocenters. The molecule has 5 amide bonds. The van der Waals surface area contributed by atoms with E-state index in [2.05, 4.69) is 36.8 Å². The van der Waals surface area contributed by atoms with E-state index in [4.69, 9.17) is 10.5 Å². The summed E-state index contributed by atoms with van der Waals surface area (Å²) in [5.41, 5.74) is 5.80. The number of hydrogen-bond acceptors (Lipinski definition) is 9. The van der Waals surface area contributed by atoms with Gasteiger partial charge >= 0.3 is 6.03 Å². The van der Waals surface area contributed by atoms with Crippen molar-refractivity contribution >= 4 is 36.2 Å². The van der Waals surface area contributed by atoms with E-state index < -0.39 is 29.6 Å². The van der Waals surface area contributed by atoms with Crippen molar-refractivity contribution in [1.82, 2.24) is 41.5 Å². The van der Waals surface area contributed by atoms with Gasteiger partial charge < -0.3 is 26.4 Å². The molecule has 0 aliphatic carbocycles. The van der Waals surface area contributed by atoms with Gasteiger partial charge in [-0.2, -0.15) is 0 Å². The number of aromatic nitrogens is 4. The molecule has 1 fully saturated rings. The Morgan fingerprint density at radius 3 is 2.62 bits per heavy atom. The first-order chi connectivity index (χ1) is 17.1. The molecule has 0 bridgehead atoms. The minimum Gasteiger partial charge on any atom is -0.374 e. The lowest BCUT2D eigenvalue weighted by atomic mass is 10.1. The minimum absolute atomic E-state index is 0. The van der Waals surface area contributed by atoms with Crippen molar-refractivity contribution in [3.8, 4) is 0 Å². The zero-order chi connectivity index (χ0) is 26.1. The molecule has 14 nitrogen and oxygen atoms in total. The van der Waals surface area contributed by atoms with Crippen LogP contribution in [0.25, 0.3) is 0 Å². The van der Waals surface area contributed by atoms with Gasteiger partial charge in [0.25, 0.3) is 5.91 Å². The Morgan fingerprint density at radius 1 is 1.24 bits per heavy atom. The van der Waals surface area contributed by atoms with Gasteiger partial charge in [0.05, 0.1) is 25.2 Å². The topological polar surface area (TPSA) is 195 Å². The molecule has 1 saturated heterocycles. The van der Waals surface area contributed by atoms with Crippen LogP contribution in [0, 0.1) is 0 Å².